The molecule has 1 aliphatic rings. The van der Waals surface area contributed by atoms with E-state index in [1.165, 1.54) is 30.3 Å². The third kappa shape index (κ3) is 6.37. The summed E-state index contributed by atoms with van der Waals surface area (Å²) in [6.45, 7) is 7.66. The largest absolute Gasteiger partial charge is 0.450 e. The number of aryl methyl sites for hydroxylation is 1. The molecule has 0 unspecified atom stereocenters. The molecule has 4 N–H and O–H groups in total. The molecule has 0 aromatic heterocycles. The van der Waals surface area contributed by atoms with Crippen molar-refractivity contribution < 1.29 is 27.5 Å². The highest BCUT2D eigenvalue weighted by molar-refractivity contribution is 6.31. The first kappa shape index (κ1) is 27.1. The van der Waals surface area contributed by atoms with E-state index in [9.17, 15) is 22.8 Å². The molecule has 3 rings (SSSR count). The lowest BCUT2D eigenvalue weighted by atomic mass is 9.98. The topological polar surface area (TPSA) is 109 Å². The van der Waals surface area contributed by atoms with Crippen LogP contribution in [0.2, 0.25) is 0 Å². The molecule has 1 heterocycles. The van der Waals surface area contributed by atoms with Crippen LogP contribution >= 0.6 is 0 Å². The van der Waals surface area contributed by atoms with Gasteiger partial charge in [-0.15, -0.1) is 0 Å². The molecule has 0 fully saturated rings. The van der Waals surface area contributed by atoms with Crippen LogP contribution in [0.1, 0.15) is 18.1 Å². The third-order valence-corrected chi connectivity index (χ3v) is 5.24. The van der Waals surface area contributed by atoms with Crippen molar-refractivity contribution in [3.8, 4) is 0 Å². The Balaban J connectivity index is 2.06. The number of nitrogens with one attached hydrogen (secondary N) is 2. The Bertz CT molecular complexity index is 1300. The smallest absolute Gasteiger partial charge is 0.407 e. The fourth-order valence-electron chi connectivity index (χ4n) is 3.56. The number of hydrogen-bond acceptors (Lipinski definition) is 6. The molecule has 8 nitrogen and oxygen atoms in total. The number of amides is 2. The second kappa shape index (κ2) is 11.9. The van der Waals surface area contributed by atoms with Crippen molar-refractivity contribution in [1.82, 2.24) is 10.6 Å². The number of nitrogens with zero attached hydrogens (tertiary/aromatic N) is 2. The molecule has 2 aromatic rings. The zero-order chi connectivity index (χ0) is 27.1. The number of aliphatic imine (C=N–C) groups is 1. The minimum absolute atomic E-state index is 0.0200. The van der Waals surface area contributed by atoms with Gasteiger partial charge in [0.15, 0.2) is 5.84 Å². The number of ether oxygens (including phenoxy) is 1. The number of para-hydroxylation sites is 1. The zero-order valence-corrected chi connectivity index (χ0v) is 20.3. The number of amidine groups is 1. The molecule has 0 radical (unpaired) electrons. The Morgan fingerprint density at radius 2 is 1.78 bits per heavy atom. The summed E-state index contributed by atoms with van der Waals surface area (Å²) in [5, 5.41) is 5.36. The second-order valence-corrected chi connectivity index (χ2v) is 7.82. The zero-order valence-electron chi connectivity index (χ0n) is 20.3. The van der Waals surface area contributed by atoms with Crippen LogP contribution in [-0.2, 0) is 9.53 Å². The van der Waals surface area contributed by atoms with Crippen LogP contribution in [0.25, 0.3) is 5.70 Å². The fraction of sp³-hybridized carbons (Fsp3) is 0.192. The number of hydrogen-bond donors (Lipinski definition) is 3. The van der Waals surface area contributed by atoms with E-state index in [0.717, 1.165) is 23.1 Å². The number of benzene rings is 2. The normalized spacial score (nSPS) is 15.5. The van der Waals surface area contributed by atoms with Crippen LogP contribution in [0.4, 0.5) is 23.7 Å². The highest BCUT2D eigenvalue weighted by atomic mass is 19.1. The molecule has 2 amide bonds. The van der Waals surface area contributed by atoms with Gasteiger partial charge in [-0.05, 0) is 55.8 Å². The standard InChI is InChI=1S/C26H26F3N5O3/c1-4-37-26(36)32-13-12-31-16(3)33-25-19(23(30)18-9-8-17(27)14-15(18)2)10-11-22(35)34(25)24-20(28)6-5-7-21(24)29/h5-11,14,31H,3-4,12-13,30H2,1-2H3,(H,32,36)/b23-19-,33-25+. The number of halogens is 3. The molecular formula is C26H26F3N5O3. The molecule has 37 heavy (non-hydrogen) atoms. The molecule has 0 atom stereocenters. The van der Waals surface area contributed by atoms with Crippen molar-refractivity contribution in [3.05, 3.63) is 95.1 Å². The monoisotopic (exact) mass is 513 g/mol. The quantitative estimate of drug-likeness (QED) is 0.464. The third-order valence-electron chi connectivity index (χ3n) is 5.24. The van der Waals surface area contributed by atoms with Crippen LogP contribution in [0.15, 0.2) is 71.5 Å². The number of nitrogens with two attached hydrogens (primary N) is 1. The first-order valence-electron chi connectivity index (χ1n) is 11.3. The average Bonchev–Trinajstić information content (AvgIpc) is 2.83. The summed E-state index contributed by atoms with van der Waals surface area (Å²) in [5.41, 5.74) is 6.97. The van der Waals surface area contributed by atoms with Crippen molar-refractivity contribution in [1.29, 1.82) is 0 Å². The number of anilines is 1. The Hall–Kier alpha value is -4.54. The first-order valence-corrected chi connectivity index (χ1v) is 11.3. The van der Waals surface area contributed by atoms with E-state index in [2.05, 4.69) is 22.2 Å². The highest BCUT2D eigenvalue weighted by Gasteiger charge is 2.32. The van der Waals surface area contributed by atoms with Gasteiger partial charge in [-0.25, -0.2) is 23.0 Å². The lowest BCUT2D eigenvalue weighted by Gasteiger charge is -2.29. The van der Waals surface area contributed by atoms with Crippen LogP contribution in [0.3, 0.4) is 0 Å². The lowest BCUT2D eigenvalue weighted by Crippen LogP contribution is -2.42. The summed E-state index contributed by atoms with van der Waals surface area (Å²) >= 11 is 0. The van der Waals surface area contributed by atoms with Crippen LogP contribution < -0.4 is 21.3 Å². The molecule has 2 aromatic carbocycles. The van der Waals surface area contributed by atoms with Gasteiger partial charge in [0.2, 0.25) is 0 Å². The number of rotatable bonds is 8. The van der Waals surface area contributed by atoms with E-state index >= 15 is 0 Å². The van der Waals surface area contributed by atoms with Crippen molar-refractivity contribution >= 4 is 29.2 Å². The Morgan fingerprint density at radius 1 is 1.11 bits per heavy atom. The molecule has 11 heteroatoms. The van der Waals surface area contributed by atoms with Crippen molar-refractivity contribution in [3.63, 3.8) is 0 Å². The van der Waals surface area contributed by atoms with Crippen LogP contribution in [0, 0.1) is 24.4 Å². The predicted molar refractivity (Wildman–Crippen MR) is 135 cm³/mol. The van der Waals surface area contributed by atoms with Gasteiger partial charge in [0.05, 0.1) is 12.3 Å². The van der Waals surface area contributed by atoms with Gasteiger partial charge in [-0.3, -0.25) is 9.69 Å². The summed E-state index contributed by atoms with van der Waals surface area (Å²) in [6, 6.07) is 7.13. The molecule has 0 saturated heterocycles. The number of carbonyl (C=O) groups is 2. The van der Waals surface area contributed by atoms with E-state index < -0.39 is 35.1 Å². The second-order valence-electron chi connectivity index (χ2n) is 7.82. The Morgan fingerprint density at radius 3 is 2.43 bits per heavy atom. The minimum Gasteiger partial charge on any atom is -0.450 e. The van der Waals surface area contributed by atoms with Crippen molar-refractivity contribution in [2.45, 2.75) is 13.8 Å². The summed E-state index contributed by atoms with van der Waals surface area (Å²) in [4.78, 5) is 29.4. The van der Waals surface area contributed by atoms with Gasteiger partial charge in [0.1, 0.15) is 29.0 Å². The number of alkyl carbamates (subject to hydrolysis) is 1. The van der Waals surface area contributed by atoms with E-state index in [-0.39, 0.29) is 42.6 Å². The molecule has 1 aliphatic heterocycles. The van der Waals surface area contributed by atoms with Crippen molar-refractivity contribution in [2.24, 2.45) is 10.7 Å². The fourth-order valence-corrected chi connectivity index (χ4v) is 3.56. The molecule has 0 bridgehead atoms. The van der Waals surface area contributed by atoms with Crippen LogP contribution in [0.5, 0.6) is 0 Å². The minimum atomic E-state index is -0.996. The molecule has 0 aliphatic carbocycles. The van der Waals surface area contributed by atoms with Gasteiger partial charge >= 0.3 is 6.09 Å². The summed E-state index contributed by atoms with van der Waals surface area (Å²) in [5.74, 6) is -3.41. The number of carbonyl (C=O) groups excluding carboxylic acids is 2. The van der Waals surface area contributed by atoms with Crippen molar-refractivity contribution in [2.75, 3.05) is 24.6 Å². The molecule has 0 spiro atoms. The van der Waals surface area contributed by atoms with Crippen LogP contribution in [-0.4, -0.2) is 37.5 Å². The van der Waals surface area contributed by atoms with Gasteiger partial charge in [-0.1, -0.05) is 12.6 Å². The van der Waals surface area contributed by atoms with Gasteiger partial charge in [0.25, 0.3) is 5.91 Å². The molecule has 0 saturated carbocycles. The van der Waals surface area contributed by atoms with Gasteiger partial charge in [0, 0.05) is 30.3 Å². The maximum Gasteiger partial charge on any atom is 0.407 e. The predicted octanol–water partition coefficient (Wildman–Crippen LogP) is 3.89. The Labute approximate surface area is 212 Å². The maximum atomic E-state index is 14.8. The molecular weight excluding hydrogens is 487 g/mol. The summed E-state index contributed by atoms with van der Waals surface area (Å²) < 4.78 is 48.0. The lowest BCUT2D eigenvalue weighted by molar-refractivity contribution is -0.113. The molecule has 194 valence electrons. The average molecular weight is 514 g/mol. The summed E-state index contributed by atoms with van der Waals surface area (Å²) in [6.07, 6.45) is 1.87. The van der Waals surface area contributed by atoms with E-state index in [4.69, 9.17) is 10.5 Å². The van der Waals surface area contributed by atoms with E-state index in [1.807, 2.05) is 0 Å². The first-order chi connectivity index (χ1) is 17.6. The SMILES string of the molecule is C=C(/N=C1\C(=C(/N)c2ccc(F)cc2C)C=CC(=O)N1c1c(F)cccc1F)NCCNC(=O)OCC. The summed E-state index contributed by atoms with van der Waals surface area (Å²) in [7, 11) is 0. The Kier molecular flexibility index (Phi) is 8.72. The van der Waals surface area contributed by atoms with Gasteiger partial charge in [-0.2, -0.15) is 0 Å². The highest BCUT2D eigenvalue weighted by Crippen LogP contribution is 2.31. The van der Waals surface area contributed by atoms with E-state index in [0.29, 0.717) is 11.1 Å². The van der Waals surface area contributed by atoms with Gasteiger partial charge < -0.3 is 21.1 Å². The van der Waals surface area contributed by atoms with E-state index in [1.54, 1.807) is 13.8 Å². The maximum absolute atomic E-state index is 14.8.